The minimum Gasteiger partial charge on any atom is -0.508 e. The summed E-state index contributed by atoms with van der Waals surface area (Å²) in [5.41, 5.74) is 2.50. The van der Waals surface area contributed by atoms with E-state index in [0.29, 0.717) is 11.7 Å². The first kappa shape index (κ1) is 9.53. The molecule has 0 saturated carbocycles. The molecule has 0 aliphatic heterocycles. The monoisotopic (exact) mass is 191 g/mol. The third kappa shape index (κ3) is 1.62. The molecule has 14 heavy (non-hydrogen) atoms. The smallest absolute Gasteiger partial charge is 0.119 e. The molecule has 2 nitrogen and oxygen atoms in total. The Kier molecular flexibility index (Phi) is 2.73. The maximum atomic E-state index is 9.65. The van der Waals surface area contributed by atoms with Gasteiger partial charge in [-0.1, -0.05) is 19.1 Å². The predicted molar refractivity (Wildman–Crippen MR) is 57.7 cm³/mol. The van der Waals surface area contributed by atoms with Crippen molar-refractivity contribution in [3.05, 3.63) is 29.3 Å². The number of hydrogen-bond donors (Lipinski definition) is 2. The standard InChI is InChI=1S/C12H17NO/c1-2-13-8-9-6-7-11-10(9)4-3-5-12(11)14/h3-5,9,13-14H,2,6-8H2,1H3. The molecule has 0 heterocycles. The van der Waals surface area contributed by atoms with E-state index in [-0.39, 0.29) is 0 Å². The lowest BCUT2D eigenvalue weighted by atomic mass is 10.0. The number of hydrogen-bond acceptors (Lipinski definition) is 2. The van der Waals surface area contributed by atoms with Gasteiger partial charge in [0.05, 0.1) is 0 Å². The van der Waals surface area contributed by atoms with Gasteiger partial charge < -0.3 is 10.4 Å². The number of rotatable bonds is 3. The molecule has 2 rings (SSSR count). The van der Waals surface area contributed by atoms with Crippen molar-refractivity contribution in [3.63, 3.8) is 0 Å². The molecule has 0 bridgehead atoms. The van der Waals surface area contributed by atoms with Crippen molar-refractivity contribution in [1.29, 1.82) is 0 Å². The first-order valence-electron chi connectivity index (χ1n) is 5.34. The molecule has 2 N–H and O–H groups in total. The van der Waals surface area contributed by atoms with E-state index in [4.69, 9.17) is 0 Å². The van der Waals surface area contributed by atoms with Crippen molar-refractivity contribution in [2.75, 3.05) is 13.1 Å². The molecular formula is C12H17NO. The number of benzene rings is 1. The molecule has 1 aromatic rings. The molecule has 1 unspecified atom stereocenters. The Morgan fingerprint density at radius 1 is 1.50 bits per heavy atom. The summed E-state index contributed by atoms with van der Waals surface area (Å²) < 4.78 is 0. The predicted octanol–water partition coefficient (Wildman–Crippen LogP) is 2.03. The van der Waals surface area contributed by atoms with Gasteiger partial charge >= 0.3 is 0 Å². The first-order valence-corrected chi connectivity index (χ1v) is 5.34. The fraction of sp³-hybridized carbons (Fsp3) is 0.500. The van der Waals surface area contributed by atoms with Gasteiger partial charge in [-0.3, -0.25) is 0 Å². The highest BCUT2D eigenvalue weighted by molar-refractivity contribution is 5.44. The summed E-state index contributed by atoms with van der Waals surface area (Å²) >= 11 is 0. The average molecular weight is 191 g/mol. The molecular weight excluding hydrogens is 174 g/mol. The lowest BCUT2D eigenvalue weighted by Gasteiger charge is -2.11. The molecule has 2 heteroatoms. The molecule has 0 radical (unpaired) electrons. The van der Waals surface area contributed by atoms with Crippen LogP contribution in [0.1, 0.15) is 30.4 Å². The average Bonchev–Trinajstić information content (AvgIpc) is 2.60. The topological polar surface area (TPSA) is 32.3 Å². The Hall–Kier alpha value is -1.02. The molecule has 76 valence electrons. The van der Waals surface area contributed by atoms with Crippen LogP contribution < -0.4 is 5.32 Å². The van der Waals surface area contributed by atoms with Crippen molar-refractivity contribution >= 4 is 0 Å². The number of nitrogens with one attached hydrogen (secondary N) is 1. The van der Waals surface area contributed by atoms with Gasteiger partial charge in [0.15, 0.2) is 0 Å². The van der Waals surface area contributed by atoms with Gasteiger partial charge in [0, 0.05) is 6.54 Å². The Morgan fingerprint density at radius 3 is 3.14 bits per heavy atom. The zero-order valence-electron chi connectivity index (χ0n) is 8.59. The van der Waals surface area contributed by atoms with Crippen molar-refractivity contribution in [2.45, 2.75) is 25.7 Å². The summed E-state index contributed by atoms with van der Waals surface area (Å²) in [5.74, 6) is 1.07. The number of phenolic OH excluding ortho intramolecular Hbond substituents is 1. The van der Waals surface area contributed by atoms with Crippen LogP contribution in [0.25, 0.3) is 0 Å². The van der Waals surface area contributed by atoms with Crippen molar-refractivity contribution in [3.8, 4) is 5.75 Å². The molecule has 1 aliphatic rings. The number of fused-ring (bicyclic) bond motifs is 1. The molecule has 0 amide bonds. The summed E-state index contributed by atoms with van der Waals surface area (Å²) in [6.07, 6.45) is 2.19. The lowest BCUT2D eigenvalue weighted by Crippen LogP contribution is -2.19. The van der Waals surface area contributed by atoms with Gasteiger partial charge in [-0.25, -0.2) is 0 Å². The second-order valence-electron chi connectivity index (χ2n) is 3.89. The molecule has 1 aliphatic carbocycles. The maximum absolute atomic E-state index is 9.65. The van der Waals surface area contributed by atoms with Crippen LogP contribution in [-0.2, 0) is 6.42 Å². The summed E-state index contributed by atoms with van der Waals surface area (Å²) in [6.45, 7) is 4.18. The van der Waals surface area contributed by atoms with Gasteiger partial charge in [0.2, 0.25) is 0 Å². The van der Waals surface area contributed by atoms with Crippen LogP contribution in [0, 0.1) is 0 Å². The minimum absolute atomic E-state index is 0.474. The van der Waals surface area contributed by atoms with E-state index in [1.807, 2.05) is 6.07 Å². The SMILES string of the molecule is CCNCC1CCc2c(O)cccc21. The van der Waals surface area contributed by atoms with Crippen LogP contribution >= 0.6 is 0 Å². The Morgan fingerprint density at radius 2 is 2.36 bits per heavy atom. The third-order valence-electron chi connectivity index (χ3n) is 3.01. The van der Waals surface area contributed by atoms with Crippen molar-refractivity contribution in [1.82, 2.24) is 5.32 Å². The van der Waals surface area contributed by atoms with E-state index >= 15 is 0 Å². The largest absolute Gasteiger partial charge is 0.508 e. The van der Waals surface area contributed by atoms with Crippen molar-refractivity contribution < 1.29 is 5.11 Å². The highest BCUT2D eigenvalue weighted by Gasteiger charge is 2.23. The highest BCUT2D eigenvalue weighted by atomic mass is 16.3. The first-order chi connectivity index (χ1) is 6.83. The summed E-state index contributed by atoms with van der Waals surface area (Å²) in [5, 5.41) is 13.0. The van der Waals surface area contributed by atoms with E-state index in [0.717, 1.165) is 25.1 Å². The van der Waals surface area contributed by atoms with Crippen LogP contribution in [0.15, 0.2) is 18.2 Å². The van der Waals surface area contributed by atoms with Gasteiger partial charge in [0.25, 0.3) is 0 Å². The zero-order valence-corrected chi connectivity index (χ0v) is 8.59. The summed E-state index contributed by atoms with van der Waals surface area (Å²) in [4.78, 5) is 0. The van der Waals surface area contributed by atoms with Crippen LogP contribution in [0.4, 0.5) is 0 Å². The Bertz CT molecular complexity index is 322. The quantitative estimate of drug-likeness (QED) is 0.766. The van der Waals surface area contributed by atoms with E-state index < -0.39 is 0 Å². The van der Waals surface area contributed by atoms with Crippen molar-refractivity contribution in [2.24, 2.45) is 0 Å². The fourth-order valence-electron chi connectivity index (χ4n) is 2.25. The summed E-state index contributed by atoms with van der Waals surface area (Å²) in [6, 6.07) is 5.87. The third-order valence-corrected chi connectivity index (χ3v) is 3.01. The Balaban J connectivity index is 2.18. The summed E-state index contributed by atoms with van der Waals surface area (Å²) in [7, 11) is 0. The zero-order chi connectivity index (χ0) is 9.97. The van der Waals surface area contributed by atoms with Crippen LogP contribution in [0.2, 0.25) is 0 Å². The molecule has 0 saturated heterocycles. The Labute approximate surface area is 85.0 Å². The van der Waals surface area contributed by atoms with Gasteiger partial charge in [-0.05, 0) is 42.5 Å². The molecule has 1 aromatic carbocycles. The van der Waals surface area contributed by atoms with Crippen LogP contribution in [0.5, 0.6) is 5.75 Å². The van der Waals surface area contributed by atoms with E-state index in [9.17, 15) is 5.11 Å². The van der Waals surface area contributed by atoms with Crippen LogP contribution in [0.3, 0.4) is 0 Å². The van der Waals surface area contributed by atoms with E-state index in [1.54, 1.807) is 6.07 Å². The highest BCUT2D eigenvalue weighted by Crippen LogP contribution is 2.37. The number of phenols is 1. The van der Waals surface area contributed by atoms with E-state index in [1.165, 1.54) is 12.0 Å². The maximum Gasteiger partial charge on any atom is 0.119 e. The van der Waals surface area contributed by atoms with Gasteiger partial charge in [-0.2, -0.15) is 0 Å². The molecule has 1 atom stereocenters. The number of likely N-dealkylation sites (N-methyl/N-ethyl adjacent to an activating group) is 1. The fourth-order valence-corrected chi connectivity index (χ4v) is 2.25. The second kappa shape index (κ2) is 4.01. The van der Waals surface area contributed by atoms with Gasteiger partial charge in [0.1, 0.15) is 5.75 Å². The lowest BCUT2D eigenvalue weighted by molar-refractivity contribution is 0.469. The normalized spacial score (nSPS) is 19.6. The minimum atomic E-state index is 0.474. The molecule has 0 spiro atoms. The van der Waals surface area contributed by atoms with E-state index in [2.05, 4.69) is 18.3 Å². The number of aromatic hydroxyl groups is 1. The second-order valence-corrected chi connectivity index (χ2v) is 3.89. The van der Waals surface area contributed by atoms with Gasteiger partial charge in [-0.15, -0.1) is 0 Å². The van der Waals surface area contributed by atoms with Crippen LogP contribution in [-0.4, -0.2) is 18.2 Å². The molecule has 0 aromatic heterocycles. The molecule has 0 fully saturated rings.